The molecule has 0 saturated carbocycles. The number of ether oxygens (including phenoxy) is 1. The van der Waals surface area contributed by atoms with Crippen LogP contribution in [0.15, 0.2) is 18.2 Å². The number of methoxy groups -OCH3 is 1. The van der Waals surface area contributed by atoms with Crippen molar-refractivity contribution >= 4 is 0 Å². The molecule has 0 unspecified atom stereocenters. The zero-order valence-corrected chi connectivity index (χ0v) is 9.79. The van der Waals surface area contributed by atoms with E-state index in [0.717, 1.165) is 13.2 Å². The lowest BCUT2D eigenvalue weighted by atomic mass is 9.92. The van der Waals surface area contributed by atoms with E-state index >= 15 is 0 Å². The molecule has 0 aliphatic heterocycles. The normalized spacial score (nSPS) is 13.5. The first-order valence-corrected chi connectivity index (χ1v) is 4.92. The lowest BCUT2D eigenvalue weighted by Crippen LogP contribution is -2.50. The number of alkyl halides is 7. The summed E-state index contributed by atoms with van der Waals surface area (Å²) in [6.45, 7) is 1.25. The van der Waals surface area contributed by atoms with E-state index in [1.165, 1.54) is 13.0 Å². The Labute approximate surface area is 104 Å². The topological polar surface area (TPSA) is 9.23 Å². The molecule has 0 fully saturated rings. The summed E-state index contributed by atoms with van der Waals surface area (Å²) in [6, 6.07) is 2.55. The highest BCUT2D eigenvalue weighted by Gasteiger charge is 2.74. The van der Waals surface area contributed by atoms with E-state index in [2.05, 4.69) is 4.74 Å². The fraction of sp³-hybridized carbons (Fsp3) is 0.455. The first kappa shape index (κ1) is 15.6. The lowest BCUT2D eigenvalue weighted by Gasteiger charge is -2.31. The molecule has 1 nitrogen and oxygen atoms in total. The minimum atomic E-state index is -6.15. The molecule has 0 N–H and O–H groups in total. The van der Waals surface area contributed by atoms with E-state index in [0.29, 0.717) is 6.07 Å². The summed E-state index contributed by atoms with van der Waals surface area (Å²) in [5.41, 5.74) is -7.03. The smallest absolute Gasteiger partial charge is 0.436 e. The summed E-state index contributed by atoms with van der Waals surface area (Å²) in [5.74, 6) is -0.817. The molecule has 0 heterocycles. The maximum atomic E-state index is 13.8. The van der Waals surface area contributed by atoms with Gasteiger partial charge in [-0.2, -0.15) is 26.3 Å². The molecule has 0 bridgehead atoms. The van der Waals surface area contributed by atoms with Crippen molar-refractivity contribution in [1.29, 1.82) is 0 Å². The Morgan fingerprint density at radius 3 is 1.74 bits per heavy atom. The van der Waals surface area contributed by atoms with Crippen LogP contribution in [0.3, 0.4) is 0 Å². The Morgan fingerprint density at radius 1 is 0.895 bits per heavy atom. The summed E-state index contributed by atoms with van der Waals surface area (Å²) >= 11 is 0. The van der Waals surface area contributed by atoms with E-state index in [4.69, 9.17) is 0 Å². The third-order valence-electron chi connectivity index (χ3n) is 2.51. The molecule has 0 aromatic heterocycles. The number of hydrogen-bond donors (Lipinski definition) is 0. The predicted octanol–water partition coefficient (Wildman–Crippen LogP) is 4.29. The molecule has 0 aliphatic rings. The molecule has 1 rings (SSSR count). The SMILES string of the molecule is COc1ccc(C)cc1C(F)(C(F)(F)F)C(F)(F)F. The number of aryl methyl sites for hydroxylation is 1. The molecule has 8 heteroatoms. The summed E-state index contributed by atoms with van der Waals surface area (Å²) < 4.78 is 93.7. The van der Waals surface area contributed by atoms with Gasteiger partial charge in [-0.3, -0.25) is 0 Å². The molecular formula is C11H9F7O. The summed E-state index contributed by atoms with van der Waals surface area (Å²) in [7, 11) is 0.862. The van der Waals surface area contributed by atoms with Gasteiger partial charge in [0.1, 0.15) is 5.75 Å². The van der Waals surface area contributed by atoms with Crippen molar-refractivity contribution in [2.75, 3.05) is 7.11 Å². The van der Waals surface area contributed by atoms with Gasteiger partial charge in [0.05, 0.1) is 12.7 Å². The van der Waals surface area contributed by atoms with Crippen molar-refractivity contribution in [2.24, 2.45) is 0 Å². The second-order valence-electron chi connectivity index (χ2n) is 3.86. The number of hydrogen-bond acceptors (Lipinski definition) is 1. The minimum absolute atomic E-state index is 0.0475. The van der Waals surface area contributed by atoms with Crippen LogP contribution in [-0.2, 0) is 5.67 Å². The van der Waals surface area contributed by atoms with Crippen molar-refractivity contribution in [2.45, 2.75) is 24.9 Å². The van der Waals surface area contributed by atoms with Crippen molar-refractivity contribution in [3.8, 4) is 5.75 Å². The van der Waals surface area contributed by atoms with Crippen LogP contribution < -0.4 is 4.74 Å². The molecule has 0 radical (unpaired) electrons. The van der Waals surface area contributed by atoms with E-state index in [1.54, 1.807) is 0 Å². The van der Waals surface area contributed by atoms with Gasteiger partial charge in [-0.1, -0.05) is 11.6 Å². The van der Waals surface area contributed by atoms with Gasteiger partial charge >= 0.3 is 18.0 Å². The maximum Gasteiger partial charge on any atom is 0.436 e. The molecular weight excluding hydrogens is 281 g/mol. The molecule has 1 aromatic rings. The van der Waals surface area contributed by atoms with Crippen LogP contribution in [0.5, 0.6) is 5.75 Å². The molecule has 0 amide bonds. The second-order valence-corrected chi connectivity index (χ2v) is 3.86. The molecule has 0 aliphatic carbocycles. The zero-order chi connectivity index (χ0) is 15.1. The van der Waals surface area contributed by atoms with E-state index in [9.17, 15) is 30.7 Å². The summed E-state index contributed by atoms with van der Waals surface area (Å²) in [6.07, 6.45) is -12.3. The molecule has 1 aromatic carbocycles. The summed E-state index contributed by atoms with van der Waals surface area (Å²) in [4.78, 5) is 0. The quantitative estimate of drug-likeness (QED) is 0.738. The molecule has 108 valence electrons. The average molecular weight is 290 g/mol. The predicted molar refractivity (Wildman–Crippen MR) is 52.6 cm³/mol. The largest absolute Gasteiger partial charge is 0.496 e. The van der Waals surface area contributed by atoms with Crippen LogP contribution in [0, 0.1) is 6.92 Å². The fourth-order valence-electron chi connectivity index (χ4n) is 1.56. The molecule has 0 atom stereocenters. The highest BCUT2D eigenvalue weighted by atomic mass is 19.4. The maximum absolute atomic E-state index is 13.8. The zero-order valence-electron chi connectivity index (χ0n) is 9.79. The van der Waals surface area contributed by atoms with Crippen LogP contribution in [0.1, 0.15) is 11.1 Å². The van der Waals surface area contributed by atoms with E-state index in [-0.39, 0.29) is 5.56 Å². The number of benzene rings is 1. The minimum Gasteiger partial charge on any atom is -0.496 e. The Hall–Kier alpha value is -1.47. The van der Waals surface area contributed by atoms with Gasteiger partial charge in [0, 0.05) is 0 Å². The van der Waals surface area contributed by atoms with Crippen molar-refractivity contribution < 1.29 is 35.5 Å². The number of rotatable bonds is 2. The third-order valence-corrected chi connectivity index (χ3v) is 2.51. The Kier molecular flexibility index (Phi) is 3.75. The summed E-state index contributed by atoms with van der Waals surface area (Å²) in [5, 5.41) is 0. The van der Waals surface area contributed by atoms with Gasteiger partial charge in [0.15, 0.2) is 0 Å². The van der Waals surface area contributed by atoms with Crippen LogP contribution >= 0.6 is 0 Å². The van der Waals surface area contributed by atoms with E-state index in [1.807, 2.05) is 0 Å². The Balaban J connectivity index is 3.65. The third kappa shape index (κ3) is 2.48. The monoisotopic (exact) mass is 290 g/mol. The van der Waals surface area contributed by atoms with E-state index < -0.39 is 29.3 Å². The van der Waals surface area contributed by atoms with Crippen molar-refractivity contribution in [3.63, 3.8) is 0 Å². The Bertz CT molecular complexity index is 447. The highest BCUT2D eigenvalue weighted by molar-refractivity contribution is 5.43. The lowest BCUT2D eigenvalue weighted by molar-refractivity contribution is -0.349. The van der Waals surface area contributed by atoms with Gasteiger partial charge in [0.2, 0.25) is 0 Å². The van der Waals surface area contributed by atoms with Gasteiger partial charge < -0.3 is 4.74 Å². The fourth-order valence-corrected chi connectivity index (χ4v) is 1.56. The standard InChI is InChI=1S/C11H9F7O/c1-6-3-4-8(19-2)7(5-6)9(12,10(13,14)15)11(16,17)18/h3-5H,1-2H3. The van der Waals surface area contributed by atoms with Crippen molar-refractivity contribution in [1.82, 2.24) is 0 Å². The van der Waals surface area contributed by atoms with Crippen LogP contribution in [0.4, 0.5) is 30.7 Å². The number of halogens is 7. The first-order valence-electron chi connectivity index (χ1n) is 4.92. The van der Waals surface area contributed by atoms with Gasteiger partial charge in [-0.15, -0.1) is 0 Å². The van der Waals surface area contributed by atoms with Gasteiger partial charge in [-0.25, -0.2) is 4.39 Å². The Morgan fingerprint density at radius 2 is 1.37 bits per heavy atom. The first-order chi connectivity index (χ1) is 8.45. The highest BCUT2D eigenvalue weighted by Crippen LogP contribution is 2.55. The van der Waals surface area contributed by atoms with Crippen LogP contribution in [-0.4, -0.2) is 19.5 Å². The van der Waals surface area contributed by atoms with Gasteiger partial charge in [0.25, 0.3) is 0 Å². The van der Waals surface area contributed by atoms with Crippen LogP contribution in [0.2, 0.25) is 0 Å². The van der Waals surface area contributed by atoms with Gasteiger partial charge in [-0.05, 0) is 19.1 Å². The molecule has 0 spiro atoms. The van der Waals surface area contributed by atoms with Crippen LogP contribution in [0.25, 0.3) is 0 Å². The second kappa shape index (κ2) is 4.57. The average Bonchev–Trinajstić information content (AvgIpc) is 2.24. The molecule has 19 heavy (non-hydrogen) atoms. The molecule has 0 saturated heterocycles. The van der Waals surface area contributed by atoms with Crippen molar-refractivity contribution in [3.05, 3.63) is 29.3 Å².